The second-order valence-corrected chi connectivity index (χ2v) is 7.29. The van der Waals surface area contributed by atoms with Crippen LogP contribution in [-0.4, -0.2) is 41.0 Å². The van der Waals surface area contributed by atoms with Crippen LogP contribution in [0.1, 0.15) is 34.8 Å². The lowest BCUT2D eigenvalue weighted by atomic mass is 9.75. The van der Waals surface area contributed by atoms with Gasteiger partial charge < -0.3 is 15.0 Å². The first-order valence-electron chi connectivity index (χ1n) is 9.69. The zero-order valence-corrected chi connectivity index (χ0v) is 16.6. The van der Waals surface area contributed by atoms with E-state index in [0.29, 0.717) is 17.4 Å². The van der Waals surface area contributed by atoms with E-state index in [9.17, 15) is 4.79 Å². The molecule has 29 heavy (non-hydrogen) atoms. The fraction of sp³-hybridized carbons (Fsp3) is 0.261. The van der Waals surface area contributed by atoms with Crippen LogP contribution in [0.4, 0.5) is 11.5 Å². The molecule has 0 bridgehead atoms. The molecule has 148 valence electrons. The Kier molecular flexibility index (Phi) is 5.42. The lowest BCUT2D eigenvalue weighted by Crippen LogP contribution is -2.45. The summed E-state index contributed by atoms with van der Waals surface area (Å²) in [5.74, 6) is 1.84. The van der Waals surface area contributed by atoms with Gasteiger partial charge in [-0.05, 0) is 48.6 Å². The van der Waals surface area contributed by atoms with Gasteiger partial charge in [-0.3, -0.25) is 4.79 Å². The molecule has 2 aromatic carbocycles. The summed E-state index contributed by atoms with van der Waals surface area (Å²) in [6.45, 7) is 0. The number of benzene rings is 2. The second kappa shape index (κ2) is 8.31. The monoisotopic (exact) mass is 388 g/mol. The summed E-state index contributed by atoms with van der Waals surface area (Å²) in [7, 11) is 3.53. The van der Waals surface area contributed by atoms with Crippen LogP contribution in [0.2, 0.25) is 0 Å². The van der Waals surface area contributed by atoms with Gasteiger partial charge in [-0.1, -0.05) is 30.3 Å². The van der Waals surface area contributed by atoms with Crippen molar-refractivity contribution < 1.29 is 9.53 Å². The molecular formula is C23H24N4O2. The highest BCUT2D eigenvalue weighted by Gasteiger charge is 2.35. The quantitative estimate of drug-likeness (QED) is 0.684. The van der Waals surface area contributed by atoms with Crippen LogP contribution in [0.25, 0.3) is 0 Å². The number of nitrogens with one attached hydrogen (secondary N) is 1. The van der Waals surface area contributed by atoms with Gasteiger partial charge in [0.25, 0.3) is 5.91 Å². The number of aromatic nitrogens is 2. The van der Waals surface area contributed by atoms with Crippen molar-refractivity contribution in [1.29, 1.82) is 0 Å². The Morgan fingerprint density at radius 3 is 2.62 bits per heavy atom. The number of carbonyl (C=O) groups is 1. The summed E-state index contributed by atoms with van der Waals surface area (Å²) < 4.78 is 5.31. The summed E-state index contributed by atoms with van der Waals surface area (Å²) in [4.78, 5) is 23.1. The fourth-order valence-corrected chi connectivity index (χ4v) is 3.63. The van der Waals surface area contributed by atoms with E-state index in [1.807, 2.05) is 49.5 Å². The normalized spacial score (nSPS) is 17.9. The highest BCUT2D eigenvalue weighted by molar-refractivity contribution is 5.93. The Labute approximate surface area is 170 Å². The van der Waals surface area contributed by atoms with E-state index >= 15 is 0 Å². The summed E-state index contributed by atoms with van der Waals surface area (Å²) >= 11 is 0. The number of hydrogen-bond acceptors (Lipinski definition) is 5. The Morgan fingerprint density at radius 1 is 1.07 bits per heavy atom. The van der Waals surface area contributed by atoms with Crippen LogP contribution in [0, 0.1) is 0 Å². The van der Waals surface area contributed by atoms with Gasteiger partial charge >= 0.3 is 0 Å². The van der Waals surface area contributed by atoms with E-state index in [-0.39, 0.29) is 11.9 Å². The third kappa shape index (κ3) is 4.21. The number of ether oxygens (including phenoxy) is 1. The average Bonchev–Trinajstić information content (AvgIpc) is 2.73. The molecule has 1 fully saturated rings. The summed E-state index contributed by atoms with van der Waals surface area (Å²) in [5.41, 5.74) is 2.57. The molecule has 3 aromatic rings. The van der Waals surface area contributed by atoms with Crippen LogP contribution >= 0.6 is 0 Å². The number of nitrogens with zero attached hydrogens (tertiary/aromatic N) is 3. The zero-order chi connectivity index (χ0) is 20.2. The number of methoxy groups -OCH3 is 1. The Balaban J connectivity index is 1.39. The number of hydrogen-bond donors (Lipinski definition) is 1. The molecule has 0 saturated heterocycles. The van der Waals surface area contributed by atoms with Crippen LogP contribution in [0.3, 0.4) is 0 Å². The Morgan fingerprint density at radius 2 is 1.86 bits per heavy atom. The molecule has 1 heterocycles. The first kappa shape index (κ1) is 18.9. The van der Waals surface area contributed by atoms with Gasteiger partial charge in [-0.2, -0.15) is 0 Å². The maximum Gasteiger partial charge on any atom is 0.272 e. The topological polar surface area (TPSA) is 67.3 Å². The maximum absolute atomic E-state index is 12.9. The predicted octanol–water partition coefficient (Wildman–Crippen LogP) is 4.25. The van der Waals surface area contributed by atoms with Crippen LogP contribution < -0.4 is 10.1 Å². The maximum atomic E-state index is 12.9. The van der Waals surface area contributed by atoms with E-state index in [4.69, 9.17) is 4.74 Å². The van der Waals surface area contributed by atoms with E-state index in [2.05, 4.69) is 27.4 Å². The van der Waals surface area contributed by atoms with Gasteiger partial charge in [0.1, 0.15) is 23.6 Å². The lowest BCUT2D eigenvalue weighted by Gasteiger charge is -2.41. The number of anilines is 2. The Bertz CT molecular complexity index is 987. The molecule has 1 aliphatic rings. The number of rotatable bonds is 6. The van der Waals surface area contributed by atoms with Crippen molar-refractivity contribution in [2.45, 2.75) is 24.8 Å². The van der Waals surface area contributed by atoms with Crippen LogP contribution in [-0.2, 0) is 0 Å². The largest absolute Gasteiger partial charge is 0.497 e. The standard InChI is InChI=1S/C23H24N4O2/c1-27(19-11-17(12-19)16-7-6-10-20(13-16)29-2)23(28)21-14-22(25-15-24-21)26-18-8-4-3-5-9-18/h3-10,13-15,17,19H,11-12H2,1-2H3,(H,24,25,26). The van der Waals surface area contributed by atoms with Crippen molar-refractivity contribution in [3.8, 4) is 5.75 Å². The average molecular weight is 388 g/mol. The van der Waals surface area contributed by atoms with Gasteiger partial charge in [0.15, 0.2) is 0 Å². The van der Waals surface area contributed by atoms with Crippen LogP contribution in [0.5, 0.6) is 5.75 Å². The van der Waals surface area contributed by atoms with Crippen LogP contribution in [0.15, 0.2) is 67.0 Å². The van der Waals surface area contributed by atoms with Crippen molar-refractivity contribution in [2.24, 2.45) is 0 Å². The predicted molar refractivity (Wildman–Crippen MR) is 113 cm³/mol. The van der Waals surface area contributed by atoms with Crippen molar-refractivity contribution >= 4 is 17.4 Å². The van der Waals surface area contributed by atoms with Gasteiger partial charge in [-0.25, -0.2) is 9.97 Å². The first-order chi connectivity index (χ1) is 14.1. The minimum absolute atomic E-state index is 0.0856. The minimum atomic E-state index is -0.0856. The fourth-order valence-electron chi connectivity index (χ4n) is 3.63. The van der Waals surface area contributed by atoms with Gasteiger partial charge in [-0.15, -0.1) is 0 Å². The third-order valence-electron chi connectivity index (χ3n) is 5.48. The second-order valence-electron chi connectivity index (χ2n) is 7.29. The molecule has 1 aliphatic carbocycles. The van der Waals surface area contributed by atoms with Crippen molar-refractivity contribution in [3.63, 3.8) is 0 Å². The van der Waals surface area contributed by atoms with E-state index in [1.54, 1.807) is 18.1 Å². The summed E-state index contributed by atoms with van der Waals surface area (Å²) in [6.07, 6.45) is 3.30. The molecule has 0 aliphatic heterocycles. The van der Waals surface area contributed by atoms with E-state index in [0.717, 1.165) is 24.3 Å². The smallest absolute Gasteiger partial charge is 0.272 e. The van der Waals surface area contributed by atoms with Gasteiger partial charge in [0, 0.05) is 24.8 Å². The SMILES string of the molecule is COc1cccc(C2CC(N(C)C(=O)c3cc(Nc4ccccc4)ncn3)C2)c1. The molecular weight excluding hydrogens is 364 g/mol. The lowest BCUT2D eigenvalue weighted by molar-refractivity contribution is 0.0614. The first-order valence-corrected chi connectivity index (χ1v) is 9.69. The molecule has 1 saturated carbocycles. The number of amides is 1. The minimum Gasteiger partial charge on any atom is -0.497 e. The molecule has 0 atom stereocenters. The highest BCUT2D eigenvalue weighted by atomic mass is 16.5. The van der Waals surface area contributed by atoms with E-state index < -0.39 is 0 Å². The molecule has 1 amide bonds. The molecule has 6 nitrogen and oxygen atoms in total. The zero-order valence-electron chi connectivity index (χ0n) is 16.6. The molecule has 6 heteroatoms. The number of para-hydroxylation sites is 1. The highest BCUT2D eigenvalue weighted by Crippen LogP contribution is 2.40. The summed E-state index contributed by atoms with van der Waals surface area (Å²) in [5, 5.41) is 3.20. The Hall–Kier alpha value is -3.41. The number of carbonyl (C=O) groups excluding carboxylic acids is 1. The van der Waals surface area contributed by atoms with Crippen molar-refractivity contribution in [3.05, 3.63) is 78.2 Å². The van der Waals surface area contributed by atoms with E-state index in [1.165, 1.54) is 11.9 Å². The molecule has 1 aromatic heterocycles. The molecule has 0 radical (unpaired) electrons. The third-order valence-corrected chi connectivity index (χ3v) is 5.48. The summed E-state index contributed by atoms with van der Waals surface area (Å²) in [6, 6.07) is 19.8. The van der Waals surface area contributed by atoms with Crippen molar-refractivity contribution in [1.82, 2.24) is 14.9 Å². The molecule has 0 unspecified atom stereocenters. The van der Waals surface area contributed by atoms with Gasteiger partial charge in [0.2, 0.25) is 0 Å². The van der Waals surface area contributed by atoms with Gasteiger partial charge in [0.05, 0.1) is 7.11 Å². The molecule has 0 spiro atoms. The van der Waals surface area contributed by atoms with Crippen molar-refractivity contribution in [2.75, 3.05) is 19.5 Å². The molecule has 1 N–H and O–H groups in total. The molecule has 4 rings (SSSR count).